The van der Waals surface area contributed by atoms with Crippen LogP contribution in [0.2, 0.25) is 0 Å². The number of amides is 1. The predicted molar refractivity (Wildman–Crippen MR) is 237 cm³/mol. The van der Waals surface area contributed by atoms with Crippen LogP contribution in [0.4, 0.5) is 4.79 Å². The monoisotopic (exact) mass is 933 g/mol. The molecule has 0 aromatic heterocycles. The number of rotatable bonds is 11. The first-order chi connectivity index (χ1) is 31.4. The number of aliphatic hydroxyl groups is 3. The second-order valence-electron chi connectivity index (χ2n) is 20.1. The van der Waals surface area contributed by atoms with E-state index in [1.54, 1.807) is 83.1 Å². The summed E-state index contributed by atoms with van der Waals surface area (Å²) in [5.74, 6) is -6.18. The lowest BCUT2D eigenvalue weighted by Crippen LogP contribution is -2.81. The van der Waals surface area contributed by atoms with Gasteiger partial charge in [-0.3, -0.25) is 19.3 Å². The van der Waals surface area contributed by atoms with Gasteiger partial charge in [0.15, 0.2) is 11.4 Å². The van der Waals surface area contributed by atoms with Crippen molar-refractivity contribution in [3.8, 4) is 0 Å². The molecule has 2 aliphatic heterocycles. The van der Waals surface area contributed by atoms with Crippen molar-refractivity contribution in [3.63, 3.8) is 0 Å². The number of carbonyl (C=O) groups is 6. The summed E-state index contributed by atoms with van der Waals surface area (Å²) in [6.07, 6.45) is -11.6. The number of carbonyl (C=O) groups excluding carboxylic acids is 6. The maximum atomic E-state index is 15.2. The van der Waals surface area contributed by atoms with Crippen molar-refractivity contribution in [2.75, 3.05) is 39.3 Å². The smallest absolute Gasteiger partial charge is 0.408 e. The van der Waals surface area contributed by atoms with Crippen LogP contribution in [0.3, 0.4) is 0 Å². The average Bonchev–Trinajstić information content (AvgIpc) is 3.26. The van der Waals surface area contributed by atoms with Crippen LogP contribution in [0, 0.1) is 16.7 Å². The summed E-state index contributed by atoms with van der Waals surface area (Å²) in [7, 11) is 0. The molecule has 3 aliphatic carbocycles. The molecule has 0 radical (unpaired) electrons. The number of aliphatic hydroxyl groups excluding tert-OH is 2. The van der Waals surface area contributed by atoms with Crippen LogP contribution in [0.25, 0.3) is 0 Å². The molecule has 4 fully saturated rings. The van der Waals surface area contributed by atoms with Crippen LogP contribution in [0.1, 0.15) is 90.2 Å². The quantitative estimate of drug-likeness (QED) is 0.124. The van der Waals surface area contributed by atoms with E-state index in [1.807, 2.05) is 4.90 Å². The largest absolute Gasteiger partial charge is 0.455 e. The van der Waals surface area contributed by atoms with Crippen LogP contribution in [0.5, 0.6) is 0 Å². The third-order valence-electron chi connectivity index (χ3n) is 14.4. The van der Waals surface area contributed by atoms with Crippen molar-refractivity contribution in [3.05, 3.63) is 82.9 Å². The van der Waals surface area contributed by atoms with E-state index in [9.17, 15) is 34.5 Å². The lowest BCUT2D eigenvalue weighted by molar-refractivity contribution is -0.346. The second-order valence-corrected chi connectivity index (χ2v) is 20.1. The van der Waals surface area contributed by atoms with E-state index in [2.05, 4.69) is 10.6 Å². The summed E-state index contributed by atoms with van der Waals surface area (Å²) in [5, 5.41) is 44.1. The molecule has 7 rings (SSSR count). The van der Waals surface area contributed by atoms with Crippen molar-refractivity contribution in [2.45, 2.75) is 128 Å². The summed E-state index contributed by atoms with van der Waals surface area (Å²) in [4.78, 5) is 86.8. The third-order valence-corrected chi connectivity index (χ3v) is 14.4. The van der Waals surface area contributed by atoms with E-state index in [0.29, 0.717) is 31.7 Å². The molecule has 2 aromatic rings. The van der Waals surface area contributed by atoms with Gasteiger partial charge in [-0.2, -0.15) is 0 Å². The number of nitrogens with one attached hydrogen (secondary N) is 2. The van der Waals surface area contributed by atoms with E-state index in [-0.39, 0.29) is 36.3 Å². The molecule has 2 saturated heterocycles. The molecule has 1 amide bonds. The van der Waals surface area contributed by atoms with E-state index in [1.165, 1.54) is 26.0 Å². The van der Waals surface area contributed by atoms with Gasteiger partial charge in [0.25, 0.3) is 0 Å². The molecule has 2 heterocycles. The number of hydrogen-bond donors (Lipinski definition) is 5. The lowest BCUT2D eigenvalue weighted by atomic mass is 9.44. The summed E-state index contributed by atoms with van der Waals surface area (Å²) in [6, 6.07) is 14.7. The van der Waals surface area contributed by atoms with Gasteiger partial charge in [-0.15, -0.1) is 0 Å². The minimum absolute atomic E-state index is 0.0685. The molecule has 0 spiro atoms. The number of fused-ring (bicyclic) bond motifs is 5. The molecular formula is C49H63N3O15. The van der Waals surface area contributed by atoms with Gasteiger partial charge in [-0.25, -0.2) is 14.4 Å². The van der Waals surface area contributed by atoms with Crippen LogP contribution >= 0.6 is 0 Å². The second kappa shape index (κ2) is 18.7. The molecule has 5 N–H and O–H groups in total. The Morgan fingerprint density at radius 3 is 2.16 bits per heavy atom. The number of piperazine rings is 1. The molecule has 18 heteroatoms. The Balaban J connectivity index is 1.36. The van der Waals surface area contributed by atoms with Crippen molar-refractivity contribution < 1.29 is 72.5 Å². The number of nitrogens with zero attached hydrogens (tertiary/aromatic N) is 1. The van der Waals surface area contributed by atoms with Gasteiger partial charge in [0.1, 0.15) is 41.7 Å². The number of esters is 4. The third kappa shape index (κ3) is 9.23. The standard InChI is InChI=1S/C49H63N3O15/c1-27-31(63-43(59)38(64-34(55)25-52-21-19-50-20-22-52)36(29-15-11-9-12-16-29)51-44(60)67-45(3,4)5)24-49(61)41(65-42(58)30-17-13-10-14-18-30)39-47(8,40(57)37(56)35(27)46(49,6)7)32(54)23-33-48(39,26-62-33)66-28(2)53/h9-18,31-33,36-39,41,50,54,56,61H,19-26H2,1-8H3,(H,51,60)/t31-,32-,33+,36-,37+,38+,39?,41-,47+,48-,49+/m0/s1. The van der Waals surface area contributed by atoms with Crippen molar-refractivity contribution >= 4 is 35.8 Å². The fourth-order valence-electron chi connectivity index (χ4n) is 10.9. The number of ketones is 1. The number of hydrogen-bond acceptors (Lipinski definition) is 17. The molecule has 364 valence electrons. The van der Waals surface area contributed by atoms with Gasteiger partial charge in [0.2, 0.25) is 6.10 Å². The Morgan fingerprint density at radius 2 is 1.58 bits per heavy atom. The average molecular weight is 934 g/mol. The summed E-state index contributed by atoms with van der Waals surface area (Å²) in [5.41, 5.74) is -8.39. The first-order valence-corrected chi connectivity index (χ1v) is 22.7. The SMILES string of the molecule is CC(=O)O[C@@]12CO[C@@H]1C[C@H](O)[C@@]1(C)C(=O)[C@H](O)C3=C(C)[C@@H](OC(=O)[C@H](OC(=O)CN4CCNCC4)[C@@H](NC(=O)OC(C)(C)C)c4ccccc4)C[C@@](O)([C@@H](OC(=O)c4ccccc4)C12)C3(C)C. The topological polar surface area (TPSA) is 246 Å². The number of alkyl carbamates (subject to hydrolysis) is 1. The molecule has 18 nitrogen and oxygen atoms in total. The molecule has 67 heavy (non-hydrogen) atoms. The minimum Gasteiger partial charge on any atom is -0.455 e. The van der Waals surface area contributed by atoms with Crippen LogP contribution in [0.15, 0.2) is 71.8 Å². The Kier molecular flexibility index (Phi) is 13.8. The highest BCUT2D eigenvalue weighted by molar-refractivity contribution is 5.94. The fraction of sp³-hybridized carbons (Fsp3) is 0.592. The van der Waals surface area contributed by atoms with Crippen molar-refractivity contribution in [1.82, 2.24) is 15.5 Å². The fourth-order valence-corrected chi connectivity index (χ4v) is 10.9. The summed E-state index contributed by atoms with van der Waals surface area (Å²) < 4.78 is 36.3. The Hall–Kier alpha value is -5.24. The highest BCUT2D eigenvalue weighted by Crippen LogP contribution is 2.64. The number of Topliss-reactive ketones (excluding diaryl/α,β-unsaturated/α-hetero) is 1. The maximum absolute atomic E-state index is 15.2. The zero-order valence-corrected chi connectivity index (χ0v) is 39.2. The zero-order valence-electron chi connectivity index (χ0n) is 39.2. The van der Waals surface area contributed by atoms with E-state index in [4.69, 9.17) is 28.4 Å². The van der Waals surface area contributed by atoms with Crippen LogP contribution in [-0.2, 0) is 47.6 Å². The number of benzene rings is 2. The predicted octanol–water partition coefficient (Wildman–Crippen LogP) is 2.72. The molecule has 2 aromatic carbocycles. The van der Waals surface area contributed by atoms with Gasteiger partial charge in [0.05, 0.1) is 36.2 Å². The van der Waals surface area contributed by atoms with Gasteiger partial charge in [-0.05, 0) is 63.5 Å². The van der Waals surface area contributed by atoms with E-state index < -0.39 is 118 Å². The molecule has 5 aliphatic rings. The molecule has 1 unspecified atom stereocenters. The van der Waals surface area contributed by atoms with Gasteiger partial charge in [0, 0.05) is 51.4 Å². The van der Waals surface area contributed by atoms with Crippen LogP contribution < -0.4 is 10.6 Å². The first-order valence-electron chi connectivity index (χ1n) is 22.7. The van der Waals surface area contributed by atoms with Crippen molar-refractivity contribution in [2.24, 2.45) is 16.7 Å². The minimum atomic E-state index is -2.41. The van der Waals surface area contributed by atoms with Crippen molar-refractivity contribution in [1.29, 1.82) is 0 Å². The van der Waals surface area contributed by atoms with Crippen LogP contribution in [-0.4, -0.2) is 149 Å². The first kappa shape index (κ1) is 49.7. The normalized spacial score (nSPS) is 32.3. The van der Waals surface area contributed by atoms with Gasteiger partial charge in [-0.1, -0.05) is 62.4 Å². The van der Waals surface area contributed by atoms with E-state index >= 15 is 9.59 Å². The zero-order chi connectivity index (χ0) is 48.9. The number of ether oxygens (including phenoxy) is 6. The van der Waals surface area contributed by atoms with Gasteiger partial charge < -0.3 is 54.4 Å². The highest BCUT2D eigenvalue weighted by Gasteiger charge is 2.78. The Bertz CT molecular complexity index is 2260. The molecule has 11 atom stereocenters. The Labute approximate surface area is 389 Å². The summed E-state index contributed by atoms with van der Waals surface area (Å²) in [6.45, 7) is 13.9. The molecular weight excluding hydrogens is 871 g/mol. The highest BCUT2D eigenvalue weighted by atomic mass is 16.6. The summed E-state index contributed by atoms with van der Waals surface area (Å²) >= 11 is 0. The maximum Gasteiger partial charge on any atom is 0.408 e. The van der Waals surface area contributed by atoms with Gasteiger partial charge >= 0.3 is 30.0 Å². The Morgan fingerprint density at radius 1 is 0.955 bits per heavy atom. The van der Waals surface area contributed by atoms with E-state index in [0.717, 1.165) is 6.92 Å². The lowest BCUT2D eigenvalue weighted by Gasteiger charge is -2.67. The molecule has 2 bridgehead atoms. The molecule has 2 saturated carbocycles.